The van der Waals surface area contributed by atoms with E-state index in [4.69, 9.17) is 9.52 Å². The summed E-state index contributed by atoms with van der Waals surface area (Å²) in [5.41, 5.74) is 1.28. The molecular weight excluding hydrogens is 360 g/mol. The lowest BCUT2D eigenvalue weighted by Crippen LogP contribution is -2.42. The van der Waals surface area contributed by atoms with Gasteiger partial charge in [0.15, 0.2) is 0 Å². The molecule has 1 atom stereocenters. The van der Waals surface area contributed by atoms with Crippen molar-refractivity contribution < 1.29 is 23.9 Å². The van der Waals surface area contributed by atoms with E-state index in [1.807, 2.05) is 12.1 Å². The number of hydrogen-bond donors (Lipinski definition) is 3. The Kier molecular flexibility index (Phi) is 6.41. The minimum absolute atomic E-state index is 0.0494. The predicted octanol–water partition coefficient (Wildman–Crippen LogP) is 2.94. The van der Waals surface area contributed by atoms with Crippen LogP contribution in [0.2, 0.25) is 0 Å². The van der Waals surface area contributed by atoms with Gasteiger partial charge >= 0.3 is 5.97 Å². The van der Waals surface area contributed by atoms with E-state index in [1.54, 1.807) is 24.3 Å². The zero-order valence-electron chi connectivity index (χ0n) is 16.3. The average molecular weight is 384 g/mol. The zero-order chi connectivity index (χ0) is 20.9. The number of amides is 2. The summed E-state index contributed by atoms with van der Waals surface area (Å²) in [6.45, 7) is 7.54. The minimum Gasteiger partial charge on any atom is -0.480 e. The molecule has 3 N–H and O–H groups in total. The molecule has 1 aromatic carbocycles. The van der Waals surface area contributed by atoms with E-state index in [-0.39, 0.29) is 11.1 Å². The molecule has 0 saturated heterocycles. The average Bonchev–Trinajstić information content (AvgIpc) is 3.13. The zero-order valence-corrected chi connectivity index (χ0v) is 16.3. The Morgan fingerprint density at radius 1 is 1.11 bits per heavy atom. The Hall–Kier alpha value is -3.35. The lowest BCUT2D eigenvalue weighted by molar-refractivity contribution is -0.140. The monoisotopic (exact) mass is 384 g/mol. The summed E-state index contributed by atoms with van der Waals surface area (Å²) in [6, 6.07) is 9.20. The number of rotatable bonds is 6. The molecule has 148 valence electrons. The van der Waals surface area contributed by atoms with Crippen LogP contribution in [0.3, 0.4) is 0 Å². The molecule has 0 aliphatic rings. The molecule has 2 rings (SSSR count). The van der Waals surface area contributed by atoms with Gasteiger partial charge in [-0.15, -0.1) is 0 Å². The Morgan fingerprint density at radius 2 is 1.75 bits per heavy atom. The van der Waals surface area contributed by atoms with Crippen LogP contribution >= 0.6 is 0 Å². The molecule has 1 heterocycles. The number of furan rings is 1. The van der Waals surface area contributed by atoms with Crippen LogP contribution in [0.25, 0.3) is 6.08 Å². The molecule has 2 aromatic rings. The summed E-state index contributed by atoms with van der Waals surface area (Å²) in [5, 5.41) is 13.8. The Morgan fingerprint density at radius 3 is 2.25 bits per heavy atom. The maximum Gasteiger partial charge on any atom is 0.325 e. The van der Waals surface area contributed by atoms with E-state index >= 15 is 0 Å². The summed E-state index contributed by atoms with van der Waals surface area (Å²) in [5.74, 6) is -2.06. The van der Waals surface area contributed by atoms with Gasteiger partial charge in [-0.25, -0.2) is 0 Å². The SMILES string of the molecule is C[C@@H](NC(=O)/C(=C\c1ccco1)NC(=O)c1ccc(C(C)(C)C)cc1)C(=O)O. The molecule has 0 aliphatic carbocycles. The van der Waals surface area contributed by atoms with Gasteiger partial charge in [0, 0.05) is 11.6 Å². The van der Waals surface area contributed by atoms with Crippen molar-refractivity contribution in [2.24, 2.45) is 0 Å². The molecular formula is C21H24N2O5. The topological polar surface area (TPSA) is 109 Å². The van der Waals surface area contributed by atoms with E-state index in [9.17, 15) is 14.4 Å². The van der Waals surface area contributed by atoms with Gasteiger partial charge in [-0.05, 0) is 42.2 Å². The first kappa shape index (κ1) is 21.0. The second-order valence-corrected chi connectivity index (χ2v) is 7.39. The maximum absolute atomic E-state index is 12.6. The Bertz CT molecular complexity index is 875. The normalized spacial score (nSPS) is 12.9. The smallest absolute Gasteiger partial charge is 0.325 e. The molecule has 2 amide bonds. The number of aliphatic carboxylic acids is 1. The van der Waals surface area contributed by atoms with Gasteiger partial charge < -0.3 is 20.2 Å². The van der Waals surface area contributed by atoms with Gasteiger partial charge in [0.25, 0.3) is 11.8 Å². The first-order chi connectivity index (χ1) is 13.1. The number of carboxylic acid groups (broad SMARTS) is 1. The third-order valence-electron chi connectivity index (χ3n) is 4.05. The van der Waals surface area contributed by atoms with Crippen molar-refractivity contribution in [2.75, 3.05) is 0 Å². The van der Waals surface area contributed by atoms with Crippen LogP contribution in [0.4, 0.5) is 0 Å². The molecule has 0 aliphatic heterocycles. The summed E-state index contributed by atoms with van der Waals surface area (Å²) < 4.78 is 5.18. The molecule has 0 bridgehead atoms. The van der Waals surface area contributed by atoms with Crippen LogP contribution in [0, 0.1) is 0 Å². The molecule has 1 aromatic heterocycles. The van der Waals surface area contributed by atoms with Crippen LogP contribution < -0.4 is 10.6 Å². The highest BCUT2D eigenvalue weighted by Gasteiger charge is 2.20. The number of carboxylic acids is 1. The predicted molar refractivity (Wildman–Crippen MR) is 105 cm³/mol. The molecule has 7 heteroatoms. The Labute approximate surface area is 163 Å². The number of carbonyl (C=O) groups is 3. The van der Waals surface area contributed by atoms with Crippen LogP contribution in [0.1, 0.15) is 49.4 Å². The highest BCUT2D eigenvalue weighted by molar-refractivity contribution is 6.05. The van der Waals surface area contributed by atoms with Crippen molar-refractivity contribution in [3.63, 3.8) is 0 Å². The lowest BCUT2D eigenvalue weighted by atomic mass is 9.87. The number of nitrogens with one attached hydrogen (secondary N) is 2. The molecule has 0 saturated carbocycles. The van der Waals surface area contributed by atoms with E-state index in [1.165, 1.54) is 19.3 Å². The third kappa shape index (κ3) is 5.57. The standard InChI is InChI=1S/C21H24N2O5/c1-13(20(26)27)22-19(25)17(12-16-6-5-11-28-16)23-18(24)14-7-9-15(10-8-14)21(2,3)4/h5-13H,1-4H3,(H,22,25)(H,23,24)(H,26,27)/b17-12+/t13-/m1/s1. The van der Waals surface area contributed by atoms with Gasteiger partial charge in [0.05, 0.1) is 6.26 Å². The molecule has 0 radical (unpaired) electrons. The van der Waals surface area contributed by atoms with Crippen molar-refractivity contribution in [3.8, 4) is 0 Å². The van der Waals surface area contributed by atoms with Crippen molar-refractivity contribution >= 4 is 23.9 Å². The van der Waals surface area contributed by atoms with Crippen molar-refractivity contribution in [1.29, 1.82) is 0 Å². The second-order valence-electron chi connectivity index (χ2n) is 7.39. The number of hydrogen-bond acceptors (Lipinski definition) is 4. The summed E-state index contributed by atoms with van der Waals surface area (Å²) in [4.78, 5) is 36.0. The first-order valence-corrected chi connectivity index (χ1v) is 8.78. The third-order valence-corrected chi connectivity index (χ3v) is 4.05. The molecule has 0 spiro atoms. The molecule has 7 nitrogen and oxygen atoms in total. The van der Waals surface area contributed by atoms with Gasteiger partial charge in [-0.3, -0.25) is 14.4 Å². The van der Waals surface area contributed by atoms with Crippen molar-refractivity contribution in [1.82, 2.24) is 10.6 Å². The summed E-state index contributed by atoms with van der Waals surface area (Å²) in [7, 11) is 0. The van der Waals surface area contributed by atoms with Crippen LogP contribution in [0.5, 0.6) is 0 Å². The number of benzene rings is 1. The van der Waals surface area contributed by atoms with Crippen LogP contribution in [-0.2, 0) is 15.0 Å². The van der Waals surface area contributed by atoms with Crippen LogP contribution in [-0.4, -0.2) is 28.9 Å². The van der Waals surface area contributed by atoms with Gasteiger partial charge in [-0.1, -0.05) is 32.9 Å². The largest absolute Gasteiger partial charge is 0.480 e. The molecule has 28 heavy (non-hydrogen) atoms. The van der Waals surface area contributed by atoms with E-state index < -0.39 is 23.8 Å². The van der Waals surface area contributed by atoms with E-state index in [2.05, 4.69) is 31.4 Å². The van der Waals surface area contributed by atoms with Gasteiger partial charge in [-0.2, -0.15) is 0 Å². The number of carbonyl (C=O) groups excluding carboxylic acids is 2. The molecule has 0 fully saturated rings. The fourth-order valence-electron chi connectivity index (χ4n) is 2.33. The Balaban J connectivity index is 2.23. The summed E-state index contributed by atoms with van der Waals surface area (Å²) >= 11 is 0. The van der Waals surface area contributed by atoms with Gasteiger partial charge in [0.2, 0.25) is 0 Å². The lowest BCUT2D eigenvalue weighted by Gasteiger charge is -2.19. The van der Waals surface area contributed by atoms with E-state index in [0.717, 1.165) is 5.56 Å². The van der Waals surface area contributed by atoms with Crippen molar-refractivity contribution in [3.05, 3.63) is 65.2 Å². The second kappa shape index (κ2) is 8.56. The minimum atomic E-state index is -1.19. The first-order valence-electron chi connectivity index (χ1n) is 8.78. The fourth-order valence-corrected chi connectivity index (χ4v) is 2.33. The highest BCUT2D eigenvalue weighted by atomic mass is 16.4. The molecule has 0 unspecified atom stereocenters. The summed E-state index contributed by atoms with van der Waals surface area (Å²) in [6.07, 6.45) is 2.76. The quantitative estimate of drug-likeness (QED) is 0.664. The van der Waals surface area contributed by atoms with Gasteiger partial charge in [0.1, 0.15) is 17.5 Å². The fraction of sp³-hybridized carbons (Fsp3) is 0.286. The van der Waals surface area contributed by atoms with E-state index in [0.29, 0.717) is 11.3 Å². The van der Waals surface area contributed by atoms with Crippen LogP contribution in [0.15, 0.2) is 52.8 Å². The highest BCUT2D eigenvalue weighted by Crippen LogP contribution is 2.22. The van der Waals surface area contributed by atoms with Crippen molar-refractivity contribution in [2.45, 2.75) is 39.2 Å². The maximum atomic E-state index is 12.6.